The Morgan fingerprint density at radius 1 is 1.58 bits per heavy atom. The molecule has 1 fully saturated rings. The maximum absolute atomic E-state index is 11.9. The molecule has 4 N–H and O–H groups in total. The zero-order chi connectivity index (χ0) is 13.8. The van der Waals surface area contributed by atoms with Crippen LogP contribution >= 0.6 is 0 Å². The average molecular weight is 266 g/mol. The number of hydrogen-bond acceptors (Lipinski definition) is 4. The molecule has 1 saturated carbocycles. The van der Waals surface area contributed by atoms with Crippen LogP contribution in [-0.4, -0.2) is 35.9 Å². The highest BCUT2D eigenvalue weighted by Crippen LogP contribution is 2.28. The number of hydrogen-bond donors (Lipinski definition) is 3. The number of anilines is 1. The predicted molar refractivity (Wildman–Crippen MR) is 73.0 cm³/mol. The Balaban J connectivity index is 1.75. The molecule has 0 unspecified atom stereocenters. The van der Waals surface area contributed by atoms with Crippen LogP contribution in [0.1, 0.15) is 48.8 Å². The second-order valence-corrected chi connectivity index (χ2v) is 5.33. The Bertz CT molecular complexity index is 438. The second kappa shape index (κ2) is 6.06. The van der Waals surface area contributed by atoms with E-state index in [2.05, 4.69) is 15.5 Å². The van der Waals surface area contributed by atoms with Crippen molar-refractivity contribution in [3.05, 3.63) is 11.4 Å². The first-order valence-corrected chi connectivity index (χ1v) is 6.79. The molecule has 0 atom stereocenters. The summed E-state index contributed by atoms with van der Waals surface area (Å²) < 4.78 is 5.44. The van der Waals surface area contributed by atoms with Gasteiger partial charge in [0.1, 0.15) is 0 Å². The number of nitrogen functional groups attached to an aromatic ring is 1. The van der Waals surface area contributed by atoms with Crippen molar-refractivity contribution < 1.29 is 9.53 Å². The minimum atomic E-state index is -0.254. The first kappa shape index (κ1) is 13.9. The molecule has 6 nitrogen and oxygen atoms in total. The topological polar surface area (TPSA) is 93.0 Å². The number of carbonyl (C=O) groups is 1. The molecular formula is C13H22N4O2. The third kappa shape index (κ3) is 3.70. The van der Waals surface area contributed by atoms with E-state index in [4.69, 9.17) is 10.5 Å². The van der Waals surface area contributed by atoms with Gasteiger partial charge in [-0.05, 0) is 24.7 Å². The van der Waals surface area contributed by atoms with Crippen LogP contribution in [0.4, 0.5) is 5.69 Å². The Morgan fingerprint density at radius 2 is 2.32 bits per heavy atom. The van der Waals surface area contributed by atoms with E-state index < -0.39 is 0 Å². The molecule has 1 aliphatic carbocycles. The number of amides is 1. The van der Waals surface area contributed by atoms with Gasteiger partial charge < -0.3 is 15.8 Å². The lowest BCUT2D eigenvalue weighted by molar-refractivity contribution is 0.0902. The average Bonchev–Trinajstić information content (AvgIpc) is 3.09. The highest BCUT2D eigenvalue weighted by atomic mass is 16.5. The molecule has 0 aromatic carbocycles. The SMILES string of the molecule is CC(C)c1[nH]nc(C(=O)NCCOCC2CC2)c1N. The molecule has 1 heterocycles. The van der Waals surface area contributed by atoms with Gasteiger partial charge in [-0.25, -0.2) is 0 Å². The lowest BCUT2D eigenvalue weighted by Gasteiger charge is -2.05. The summed E-state index contributed by atoms with van der Waals surface area (Å²) in [7, 11) is 0. The Labute approximate surface area is 113 Å². The summed E-state index contributed by atoms with van der Waals surface area (Å²) in [5.74, 6) is 0.706. The Hall–Kier alpha value is -1.56. The van der Waals surface area contributed by atoms with Gasteiger partial charge in [0.05, 0.1) is 18.0 Å². The quantitative estimate of drug-likeness (QED) is 0.648. The molecule has 19 heavy (non-hydrogen) atoms. The molecule has 1 aromatic heterocycles. The fourth-order valence-electron chi connectivity index (χ4n) is 1.83. The van der Waals surface area contributed by atoms with Gasteiger partial charge in [-0.15, -0.1) is 0 Å². The number of aromatic nitrogens is 2. The first-order valence-electron chi connectivity index (χ1n) is 6.79. The standard InChI is InChI=1S/C13H22N4O2/c1-8(2)11-10(14)12(17-16-11)13(18)15-5-6-19-7-9-3-4-9/h8-9H,3-7,14H2,1-2H3,(H,15,18)(H,16,17). The maximum atomic E-state index is 11.9. The van der Waals surface area contributed by atoms with Crippen LogP contribution in [0.15, 0.2) is 0 Å². The lowest BCUT2D eigenvalue weighted by atomic mass is 10.1. The van der Waals surface area contributed by atoms with Crippen molar-refractivity contribution in [2.24, 2.45) is 5.92 Å². The number of ether oxygens (including phenoxy) is 1. The zero-order valence-electron chi connectivity index (χ0n) is 11.5. The Kier molecular flexibility index (Phi) is 4.42. The number of nitrogens with one attached hydrogen (secondary N) is 2. The van der Waals surface area contributed by atoms with Crippen LogP contribution in [0.3, 0.4) is 0 Å². The third-order valence-electron chi connectivity index (χ3n) is 3.21. The van der Waals surface area contributed by atoms with Crippen LogP contribution in [0.2, 0.25) is 0 Å². The van der Waals surface area contributed by atoms with E-state index in [0.29, 0.717) is 18.8 Å². The van der Waals surface area contributed by atoms with Crippen molar-refractivity contribution in [1.82, 2.24) is 15.5 Å². The van der Waals surface area contributed by atoms with Crippen molar-refractivity contribution in [2.75, 3.05) is 25.5 Å². The predicted octanol–water partition coefficient (Wildman–Crippen LogP) is 1.27. The number of nitrogens with zero attached hydrogens (tertiary/aromatic N) is 1. The van der Waals surface area contributed by atoms with E-state index in [1.807, 2.05) is 13.8 Å². The summed E-state index contributed by atoms with van der Waals surface area (Å²) in [6.45, 7) is 5.81. The molecule has 106 valence electrons. The minimum absolute atomic E-state index is 0.218. The highest BCUT2D eigenvalue weighted by molar-refractivity contribution is 5.97. The van der Waals surface area contributed by atoms with Gasteiger partial charge in [0.25, 0.3) is 5.91 Å². The number of nitrogens with two attached hydrogens (primary N) is 1. The fraction of sp³-hybridized carbons (Fsp3) is 0.692. The summed E-state index contributed by atoms with van der Waals surface area (Å²) in [5, 5.41) is 9.54. The highest BCUT2D eigenvalue weighted by Gasteiger charge is 2.21. The molecule has 1 aliphatic rings. The van der Waals surface area contributed by atoms with Crippen LogP contribution < -0.4 is 11.1 Å². The van der Waals surface area contributed by atoms with Crippen LogP contribution in [0.25, 0.3) is 0 Å². The molecule has 0 bridgehead atoms. The zero-order valence-corrected chi connectivity index (χ0v) is 11.5. The largest absolute Gasteiger partial charge is 0.395 e. The van der Waals surface area contributed by atoms with Gasteiger partial charge in [-0.1, -0.05) is 13.8 Å². The van der Waals surface area contributed by atoms with Crippen LogP contribution in [0.5, 0.6) is 0 Å². The Morgan fingerprint density at radius 3 is 2.89 bits per heavy atom. The van der Waals surface area contributed by atoms with Gasteiger partial charge in [-0.2, -0.15) is 5.10 Å². The summed E-state index contributed by atoms with van der Waals surface area (Å²) in [6.07, 6.45) is 2.54. The molecule has 0 aliphatic heterocycles. The normalized spacial score (nSPS) is 14.9. The molecule has 0 spiro atoms. The van der Waals surface area contributed by atoms with Crippen molar-refractivity contribution >= 4 is 11.6 Å². The van der Waals surface area contributed by atoms with E-state index >= 15 is 0 Å². The third-order valence-corrected chi connectivity index (χ3v) is 3.21. The van der Waals surface area contributed by atoms with E-state index in [1.54, 1.807) is 0 Å². The van der Waals surface area contributed by atoms with E-state index in [-0.39, 0.29) is 17.5 Å². The monoisotopic (exact) mass is 266 g/mol. The summed E-state index contributed by atoms with van der Waals surface area (Å²) >= 11 is 0. The second-order valence-electron chi connectivity index (χ2n) is 5.33. The summed E-state index contributed by atoms with van der Waals surface area (Å²) in [6, 6.07) is 0. The van der Waals surface area contributed by atoms with Crippen molar-refractivity contribution in [3.63, 3.8) is 0 Å². The molecule has 6 heteroatoms. The number of H-pyrrole nitrogens is 1. The van der Waals surface area contributed by atoms with E-state index in [0.717, 1.165) is 18.2 Å². The first-order chi connectivity index (χ1) is 9.09. The van der Waals surface area contributed by atoms with Crippen molar-refractivity contribution in [2.45, 2.75) is 32.6 Å². The smallest absolute Gasteiger partial charge is 0.274 e. The number of aromatic amines is 1. The van der Waals surface area contributed by atoms with Gasteiger partial charge in [-0.3, -0.25) is 9.89 Å². The lowest BCUT2D eigenvalue weighted by Crippen LogP contribution is -2.28. The van der Waals surface area contributed by atoms with Crippen molar-refractivity contribution in [1.29, 1.82) is 0 Å². The molecule has 1 aromatic rings. The molecular weight excluding hydrogens is 244 g/mol. The summed E-state index contributed by atoms with van der Waals surface area (Å²) in [5.41, 5.74) is 7.40. The molecule has 2 rings (SSSR count). The van der Waals surface area contributed by atoms with Gasteiger partial charge in [0, 0.05) is 13.2 Å². The van der Waals surface area contributed by atoms with Gasteiger partial charge >= 0.3 is 0 Å². The van der Waals surface area contributed by atoms with E-state index in [9.17, 15) is 4.79 Å². The van der Waals surface area contributed by atoms with Crippen molar-refractivity contribution in [3.8, 4) is 0 Å². The van der Waals surface area contributed by atoms with Crippen LogP contribution in [0, 0.1) is 5.92 Å². The van der Waals surface area contributed by atoms with E-state index in [1.165, 1.54) is 12.8 Å². The molecule has 0 saturated heterocycles. The molecule has 1 amide bonds. The van der Waals surface area contributed by atoms with Gasteiger partial charge in [0.2, 0.25) is 0 Å². The van der Waals surface area contributed by atoms with Crippen LogP contribution in [-0.2, 0) is 4.74 Å². The molecule has 0 radical (unpaired) electrons. The minimum Gasteiger partial charge on any atom is -0.395 e. The summed E-state index contributed by atoms with van der Waals surface area (Å²) in [4.78, 5) is 11.9. The maximum Gasteiger partial charge on any atom is 0.274 e. The number of carbonyl (C=O) groups excluding carboxylic acids is 1. The number of rotatable bonds is 7. The van der Waals surface area contributed by atoms with Gasteiger partial charge in [0.15, 0.2) is 5.69 Å². The fourth-order valence-corrected chi connectivity index (χ4v) is 1.83.